The van der Waals surface area contributed by atoms with Gasteiger partial charge in [-0.1, -0.05) is 35.5 Å². The van der Waals surface area contributed by atoms with Crippen LogP contribution in [0.15, 0.2) is 71.4 Å². The van der Waals surface area contributed by atoms with Crippen molar-refractivity contribution < 1.29 is 14.4 Å². The van der Waals surface area contributed by atoms with E-state index < -0.39 is 0 Å². The van der Waals surface area contributed by atoms with Crippen LogP contribution < -0.4 is 5.32 Å². The average molecular weight is 320 g/mol. The van der Waals surface area contributed by atoms with Crippen LogP contribution in [0.5, 0.6) is 5.75 Å². The Kier molecular flexibility index (Phi) is 4.43. The summed E-state index contributed by atoms with van der Waals surface area (Å²) < 4.78 is 5.26. The maximum absolute atomic E-state index is 12.8. The van der Waals surface area contributed by atoms with E-state index in [1.165, 1.54) is 0 Å². The molecule has 3 aromatic rings. The van der Waals surface area contributed by atoms with Crippen LogP contribution in [0.4, 0.5) is 5.69 Å². The number of rotatable bonds is 5. The molecule has 0 bridgehead atoms. The monoisotopic (exact) mass is 320 g/mol. The Labute approximate surface area is 139 Å². The van der Waals surface area contributed by atoms with Gasteiger partial charge < -0.3 is 14.9 Å². The zero-order valence-electron chi connectivity index (χ0n) is 13.1. The van der Waals surface area contributed by atoms with Gasteiger partial charge in [-0.05, 0) is 31.2 Å². The molecule has 0 aliphatic rings. The number of phenolic OH excluding ortho intramolecular Hbond substituents is 1. The molecule has 0 aliphatic carbocycles. The van der Waals surface area contributed by atoms with Gasteiger partial charge >= 0.3 is 0 Å². The number of nitrogens with zero attached hydrogens (tertiary/aromatic N) is 1. The number of aryl methyl sites for hydroxylation is 1. The normalized spacial score (nSPS) is 11.3. The molecule has 1 aromatic heterocycles. The highest BCUT2D eigenvalue weighted by atomic mass is 16.5. The number of anilines is 1. The van der Waals surface area contributed by atoms with Crippen molar-refractivity contribution in [2.45, 2.75) is 6.92 Å². The van der Waals surface area contributed by atoms with E-state index in [0.717, 1.165) is 5.69 Å². The van der Waals surface area contributed by atoms with E-state index in [2.05, 4.69) is 10.5 Å². The molecule has 5 nitrogen and oxygen atoms in total. The molecule has 2 aromatic carbocycles. The molecule has 0 saturated heterocycles. The van der Waals surface area contributed by atoms with Gasteiger partial charge in [0, 0.05) is 23.5 Å². The highest BCUT2D eigenvalue weighted by molar-refractivity contribution is 6.28. The summed E-state index contributed by atoms with van der Waals surface area (Å²) in [5.41, 5.74) is 2.36. The predicted octanol–water partition coefficient (Wildman–Crippen LogP) is 4.02. The number of allylic oxidation sites excluding steroid dienone is 1. The summed E-state index contributed by atoms with van der Waals surface area (Å²) in [7, 11) is 0. The number of benzene rings is 2. The third-order valence-electron chi connectivity index (χ3n) is 3.42. The van der Waals surface area contributed by atoms with Crippen LogP contribution in [0.25, 0.3) is 5.57 Å². The molecule has 1 heterocycles. The number of hydrogen-bond acceptors (Lipinski definition) is 5. The smallest absolute Gasteiger partial charge is 0.198 e. The third-order valence-corrected chi connectivity index (χ3v) is 3.42. The molecule has 0 aliphatic heterocycles. The zero-order chi connectivity index (χ0) is 16.9. The van der Waals surface area contributed by atoms with Gasteiger partial charge in [0.15, 0.2) is 11.5 Å². The van der Waals surface area contributed by atoms with Crippen molar-refractivity contribution in [1.29, 1.82) is 0 Å². The van der Waals surface area contributed by atoms with Gasteiger partial charge in [0.05, 0.1) is 11.3 Å². The summed E-state index contributed by atoms with van der Waals surface area (Å²) >= 11 is 0. The van der Waals surface area contributed by atoms with Crippen LogP contribution in [0.2, 0.25) is 0 Å². The van der Waals surface area contributed by atoms with Gasteiger partial charge in [-0.3, -0.25) is 4.79 Å². The van der Waals surface area contributed by atoms with Crippen LogP contribution in [-0.2, 0) is 0 Å². The Morgan fingerprint density at radius 1 is 1.12 bits per heavy atom. The first-order valence-electron chi connectivity index (χ1n) is 7.42. The fraction of sp³-hybridized carbons (Fsp3) is 0.0526. The van der Waals surface area contributed by atoms with Gasteiger partial charge in [0.1, 0.15) is 5.75 Å². The van der Waals surface area contributed by atoms with Crippen molar-refractivity contribution in [3.05, 3.63) is 83.9 Å². The largest absolute Gasteiger partial charge is 0.508 e. The number of carbonyl (C=O) groups excluding carboxylic acids is 1. The number of ketones is 1. The number of aromatic hydroxyl groups is 1. The lowest BCUT2D eigenvalue weighted by Crippen LogP contribution is -2.04. The highest BCUT2D eigenvalue weighted by Crippen LogP contribution is 2.22. The van der Waals surface area contributed by atoms with Crippen LogP contribution in [0.3, 0.4) is 0 Å². The van der Waals surface area contributed by atoms with Crippen molar-refractivity contribution in [2.24, 2.45) is 0 Å². The minimum absolute atomic E-state index is 0.168. The second-order valence-corrected chi connectivity index (χ2v) is 5.28. The first-order valence-corrected chi connectivity index (χ1v) is 7.42. The van der Waals surface area contributed by atoms with Crippen molar-refractivity contribution in [3.63, 3.8) is 0 Å². The summed E-state index contributed by atoms with van der Waals surface area (Å²) in [6.45, 7) is 1.80. The quantitative estimate of drug-likeness (QED) is 0.422. The van der Waals surface area contributed by atoms with E-state index in [1.807, 2.05) is 18.2 Å². The van der Waals surface area contributed by atoms with Gasteiger partial charge in [0.2, 0.25) is 0 Å². The zero-order valence-corrected chi connectivity index (χ0v) is 13.1. The van der Waals surface area contributed by atoms with Crippen LogP contribution >= 0.6 is 0 Å². The van der Waals surface area contributed by atoms with Gasteiger partial charge in [0.25, 0.3) is 0 Å². The third kappa shape index (κ3) is 3.52. The SMILES string of the molecule is Cc1cc(C(=CNc2ccc(O)cc2)C(=O)c2ccccc2)on1. The first kappa shape index (κ1) is 15.6. The van der Waals surface area contributed by atoms with Gasteiger partial charge in [-0.2, -0.15) is 0 Å². The maximum Gasteiger partial charge on any atom is 0.198 e. The molecule has 0 atom stereocenters. The first-order chi connectivity index (χ1) is 11.6. The predicted molar refractivity (Wildman–Crippen MR) is 91.7 cm³/mol. The van der Waals surface area contributed by atoms with E-state index >= 15 is 0 Å². The molecule has 2 N–H and O–H groups in total. The lowest BCUT2D eigenvalue weighted by atomic mass is 10.0. The number of carbonyl (C=O) groups is 1. The number of nitrogens with one attached hydrogen (secondary N) is 1. The topological polar surface area (TPSA) is 75.4 Å². The molecule has 0 amide bonds. The number of hydrogen-bond donors (Lipinski definition) is 2. The van der Waals surface area contributed by atoms with E-state index in [0.29, 0.717) is 22.6 Å². The van der Waals surface area contributed by atoms with E-state index in [-0.39, 0.29) is 11.5 Å². The molecule has 0 spiro atoms. The van der Waals surface area contributed by atoms with Crippen molar-refractivity contribution in [3.8, 4) is 5.75 Å². The van der Waals surface area contributed by atoms with Crippen molar-refractivity contribution >= 4 is 17.0 Å². The van der Waals surface area contributed by atoms with E-state index in [9.17, 15) is 9.90 Å². The highest BCUT2D eigenvalue weighted by Gasteiger charge is 2.18. The molecule has 5 heteroatoms. The summed E-state index contributed by atoms with van der Waals surface area (Å²) in [5, 5.41) is 16.2. The Balaban J connectivity index is 1.94. The second kappa shape index (κ2) is 6.83. The number of phenols is 1. The Bertz CT molecular complexity index is 865. The Morgan fingerprint density at radius 2 is 1.83 bits per heavy atom. The van der Waals surface area contributed by atoms with E-state index in [1.54, 1.807) is 55.6 Å². The maximum atomic E-state index is 12.8. The Hall–Kier alpha value is -3.34. The molecule has 0 saturated carbocycles. The van der Waals surface area contributed by atoms with E-state index in [4.69, 9.17) is 4.52 Å². The molecule has 0 fully saturated rings. The van der Waals surface area contributed by atoms with Crippen molar-refractivity contribution in [1.82, 2.24) is 5.16 Å². The second-order valence-electron chi connectivity index (χ2n) is 5.28. The molecule has 0 radical (unpaired) electrons. The lowest BCUT2D eigenvalue weighted by Gasteiger charge is -2.06. The lowest BCUT2D eigenvalue weighted by molar-refractivity contribution is 0.105. The summed E-state index contributed by atoms with van der Waals surface area (Å²) in [6, 6.07) is 17.2. The van der Waals surface area contributed by atoms with Crippen LogP contribution in [0, 0.1) is 6.92 Å². The van der Waals surface area contributed by atoms with Gasteiger partial charge in [-0.25, -0.2) is 0 Å². The summed E-state index contributed by atoms with van der Waals surface area (Å²) in [4.78, 5) is 12.8. The standard InChI is InChI=1S/C19H16N2O3/c1-13-11-18(24-21-13)17(19(23)14-5-3-2-4-6-14)12-20-15-7-9-16(22)10-8-15/h2-12,20,22H,1H3. The van der Waals surface area contributed by atoms with Crippen molar-refractivity contribution in [2.75, 3.05) is 5.32 Å². The fourth-order valence-corrected chi connectivity index (χ4v) is 2.20. The van der Waals surface area contributed by atoms with Crippen LogP contribution in [0.1, 0.15) is 21.8 Å². The minimum Gasteiger partial charge on any atom is -0.508 e. The minimum atomic E-state index is -0.168. The summed E-state index contributed by atoms with van der Waals surface area (Å²) in [5.74, 6) is 0.404. The number of Topliss-reactive ketones (excluding diaryl/α,β-unsaturated/α-hetero) is 1. The molecule has 0 unspecified atom stereocenters. The average Bonchev–Trinajstić information content (AvgIpc) is 3.03. The fourth-order valence-electron chi connectivity index (χ4n) is 2.20. The molecule has 24 heavy (non-hydrogen) atoms. The van der Waals surface area contributed by atoms with Crippen LogP contribution in [-0.4, -0.2) is 16.0 Å². The Morgan fingerprint density at radius 3 is 2.46 bits per heavy atom. The summed E-state index contributed by atoms with van der Waals surface area (Å²) in [6.07, 6.45) is 1.58. The van der Waals surface area contributed by atoms with Gasteiger partial charge in [-0.15, -0.1) is 0 Å². The number of aromatic nitrogens is 1. The molecule has 3 rings (SSSR count). The molecular weight excluding hydrogens is 304 g/mol. The molecular formula is C19H16N2O3. The molecule has 120 valence electrons.